The number of piperazine rings is 1. The predicted molar refractivity (Wildman–Crippen MR) is 101 cm³/mol. The fourth-order valence-corrected chi connectivity index (χ4v) is 4.14. The second kappa shape index (κ2) is 7.00. The molecular weight excluding hydrogens is 334 g/mol. The summed E-state index contributed by atoms with van der Waals surface area (Å²) in [4.78, 5) is 29.2. The third-order valence-corrected chi connectivity index (χ3v) is 5.70. The molecule has 0 aromatic carbocycles. The minimum Gasteiger partial charge on any atom is -0.353 e. The maximum absolute atomic E-state index is 12.5. The second-order valence-corrected chi connectivity index (χ2v) is 7.57. The number of aromatic nitrogens is 2. The van der Waals surface area contributed by atoms with Crippen molar-refractivity contribution in [3.8, 4) is 0 Å². The fraction of sp³-hybridized carbons (Fsp3) is 0.500. The summed E-state index contributed by atoms with van der Waals surface area (Å²) < 4.78 is 0. The Morgan fingerprint density at radius 2 is 1.80 bits per heavy atom. The Morgan fingerprint density at radius 3 is 2.48 bits per heavy atom. The van der Waals surface area contributed by atoms with Crippen molar-refractivity contribution in [3.63, 3.8) is 0 Å². The van der Waals surface area contributed by atoms with Crippen LogP contribution in [0.2, 0.25) is 0 Å². The highest BCUT2D eigenvalue weighted by Crippen LogP contribution is 2.22. The molecule has 0 aliphatic carbocycles. The lowest BCUT2D eigenvalue weighted by Gasteiger charge is -2.35. The summed E-state index contributed by atoms with van der Waals surface area (Å²) in [6, 6.07) is 5.88. The van der Waals surface area contributed by atoms with Crippen molar-refractivity contribution in [2.75, 3.05) is 49.1 Å². The van der Waals surface area contributed by atoms with E-state index in [1.807, 2.05) is 29.3 Å². The van der Waals surface area contributed by atoms with Gasteiger partial charge >= 0.3 is 0 Å². The Labute approximate surface area is 152 Å². The number of anilines is 2. The first-order valence-corrected chi connectivity index (χ1v) is 9.77. The molecule has 0 spiro atoms. The van der Waals surface area contributed by atoms with Gasteiger partial charge in [0.1, 0.15) is 5.82 Å². The van der Waals surface area contributed by atoms with E-state index in [2.05, 4.69) is 20.9 Å². The molecule has 0 unspecified atom stereocenters. The van der Waals surface area contributed by atoms with Crippen molar-refractivity contribution in [2.24, 2.45) is 0 Å². The van der Waals surface area contributed by atoms with Gasteiger partial charge in [0.25, 0.3) is 5.91 Å². The number of rotatable bonds is 3. The average Bonchev–Trinajstić information content (AvgIpc) is 3.34. The highest BCUT2D eigenvalue weighted by Gasteiger charge is 2.24. The van der Waals surface area contributed by atoms with Crippen molar-refractivity contribution in [3.05, 3.63) is 34.2 Å². The van der Waals surface area contributed by atoms with E-state index >= 15 is 0 Å². The van der Waals surface area contributed by atoms with Crippen LogP contribution in [0.5, 0.6) is 0 Å². The molecule has 2 aromatic rings. The van der Waals surface area contributed by atoms with Gasteiger partial charge in [0.05, 0.1) is 4.88 Å². The maximum atomic E-state index is 12.5. The lowest BCUT2D eigenvalue weighted by atomic mass is 10.2. The van der Waals surface area contributed by atoms with E-state index in [0.717, 1.165) is 61.6 Å². The molecule has 6 nitrogen and oxygen atoms in total. The quantitative estimate of drug-likeness (QED) is 0.844. The van der Waals surface area contributed by atoms with Gasteiger partial charge in [-0.2, -0.15) is 4.98 Å². The van der Waals surface area contributed by atoms with Gasteiger partial charge in [-0.05, 0) is 31.2 Å². The van der Waals surface area contributed by atoms with Gasteiger partial charge in [-0.15, -0.1) is 11.3 Å². The van der Waals surface area contributed by atoms with Crippen LogP contribution in [0, 0.1) is 6.92 Å². The molecule has 25 heavy (non-hydrogen) atoms. The minimum atomic E-state index is 0.145. The van der Waals surface area contributed by atoms with Gasteiger partial charge in [-0.1, -0.05) is 6.07 Å². The summed E-state index contributed by atoms with van der Waals surface area (Å²) >= 11 is 1.51. The summed E-state index contributed by atoms with van der Waals surface area (Å²) in [5, 5.41) is 1.95. The Kier molecular flexibility index (Phi) is 4.57. The van der Waals surface area contributed by atoms with Crippen LogP contribution in [-0.4, -0.2) is 60.0 Å². The summed E-state index contributed by atoms with van der Waals surface area (Å²) in [6.07, 6.45) is 2.44. The highest BCUT2D eigenvalue weighted by atomic mass is 32.1. The van der Waals surface area contributed by atoms with E-state index in [1.165, 1.54) is 24.2 Å². The standard InChI is InChI=1S/C18H23N5OS/c1-14-13-16(20-18(19-14)23-6-2-3-7-23)21-8-10-22(11-9-21)17(24)15-5-4-12-25-15/h4-5,12-13H,2-3,6-11H2,1H3. The Balaban J connectivity index is 1.44. The molecule has 0 radical (unpaired) electrons. The molecule has 0 saturated carbocycles. The molecule has 2 aliphatic rings. The Morgan fingerprint density at radius 1 is 1.04 bits per heavy atom. The topological polar surface area (TPSA) is 52.6 Å². The molecule has 2 aliphatic heterocycles. The molecule has 4 heterocycles. The van der Waals surface area contributed by atoms with Crippen LogP contribution in [-0.2, 0) is 0 Å². The number of carbonyl (C=O) groups is 1. The molecule has 2 aromatic heterocycles. The van der Waals surface area contributed by atoms with Crippen LogP contribution in [0.25, 0.3) is 0 Å². The maximum Gasteiger partial charge on any atom is 0.264 e. The van der Waals surface area contributed by atoms with Crippen molar-refractivity contribution < 1.29 is 4.79 Å². The Hall–Kier alpha value is -2.15. The summed E-state index contributed by atoms with van der Waals surface area (Å²) in [7, 11) is 0. The number of thiophene rings is 1. The molecule has 2 saturated heterocycles. The van der Waals surface area contributed by atoms with Crippen molar-refractivity contribution in [1.82, 2.24) is 14.9 Å². The van der Waals surface area contributed by atoms with Crippen molar-refractivity contribution in [2.45, 2.75) is 19.8 Å². The lowest BCUT2D eigenvalue weighted by molar-refractivity contribution is 0.0751. The molecule has 1 amide bonds. The number of nitrogens with zero attached hydrogens (tertiary/aromatic N) is 5. The SMILES string of the molecule is Cc1cc(N2CCN(C(=O)c3cccs3)CC2)nc(N2CCCC2)n1. The van der Waals surface area contributed by atoms with E-state index in [4.69, 9.17) is 4.98 Å². The molecular formula is C18H23N5OS. The largest absolute Gasteiger partial charge is 0.353 e. The van der Waals surface area contributed by atoms with E-state index < -0.39 is 0 Å². The number of hydrogen-bond donors (Lipinski definition) is 0. The van der Waals surface area contributed by atoms with Gasteiger partial charge in [0.15, 0.2) is 0 Å². The van der Waals surface area contributed by atoms with Gasteiger partial charge in [0, 0.05) is 51.0 Å². The van der Waals surface area contributed by atoms with E-state index in [-0.39, 0.29) is 5.91 Å². The van der Waals surface area contributed by atoms with E-state index in [9.17, 15) is 4.79 Å². The third kappa shape index (κ3) is 3.46. The number of amides is 1. The Bertz CT molecular complexity index is 734. The molecule has 0 N–H and O–H groups in total. The summed E-state index contributed by atoms with van der Waals surface area (Å²) in [6.45, 7) is 7.22. The predicted octanol–water partition coefficient (Wildman–Crippen LogP) is 2.41. The van der Waals surface area contributed by atoms with Crippen LogP contribution in [0.4, 0.5) is 11.8 Å². The first-order valence-electron chi connectivity index (χ1n) is 8.89. The average molecular weight is 357 g/mol. The van der Waals surface area contributed by atoms with Crippen molar-refractivity contribution in [1.29, 1.82) is 0 Å². The minimum absolute atomic E-state index is 0.145. The molecule has 7 heteroatoms. The summed E-state index contributed by atoms with van der Waals surface area (Å²) in [5.74, 6) is 1.98. The molecule has 132 valence electrons. The van der Waals surface area contributed by atoms with Crippen LogP contribution >= 0.6 is 11.3 Å². The van der Waals surface area contributed by atoms with Gasteiger partial charge in [-0.25, -0.2) is 4.98 Å². The van der Waals surface area contributed by atoms with Gasteiger partial charge in [0.2, 0.25) is 5.95 Å². The number of aryl methyl sites for hydroxylation is 1. The van der Waals surface area contributed by atoms with E-state index in [0.29, 0.717) is 0 Å². The lowest BCUT2D eigenvalue weighted by Crippen LogP contribution is -2.49. The van der Waals surface area contributed by atoms with Crippen LogP contribution in [0.3, 0.4) is 0 Å². The number of carbonyl (C=O) groups excluding carboxylic acids is 1. The zero-order valence-electron chi connectivity index (χ0n) is 14.5. The third-order valence-electron chi connectivity index (χ3n) is 4.84. The normalized spacial score (nSPS) is 18.0. The monoisotopic (exact) mass is 357 g/mol. The first-order chi connectivity index (χ1) is 12.2. The zero-order chi connectivity index (χ0) is 17.2. The highest BCUT2D eigenvalue weighted by molar-refractivity contribution is 7.12. The molecule has 0 bridgehead atoms. The van der Waals surface area contributed by atoms with Crippen molar-refractivity contribution >= 4 is 29.0 Å². The number of hydrogen-bond acceptors (Lipinski definition) is 6. The van der Waals surface area contributed by atoms with E-state index in [1.54, 1.807) is 0 Å². The zero-order valence-corrected chi connectivity index (χ0v) is 15.3. The second-order valence-electron chi connectivity index (χ2n) is 6.62. The van der Waals surface area contributed by atoms with Crippen LogP contribution in [0.1, 0.15) is 28.2 Å². The van der Waals surface area contributed by atoms with Crippen LogP contribution < -0.4 is 9.80 Å². The molecule has 2 fully saturated rings. The van der Waals surface area contributed by atoms with Crippen LogP contribution in [0.15, 0.2) is 23.6 Å². The fourth-order valence-electron chi connectivity index (χ4n) is 3.45. The van der Waals surface area contributed by atoms with Gasteiger partial charge in [-0.3, -0.25) is 4.79 Å². The first kappa shape index (κ1) is 16.3. The molecule has 0 atom stereocenters. The molecule has 4 rings (SSSR count). The van der Waals surface area contributed by atoms with Gasteiger partial charge < -0.3 is 14.7 Å². The smallest absolute Gasteiger partial charge is 0.264 e. The summed E-state index contributed by atoms with van der Waals surface area (Å²) in [5.41, 5.74) is 1.00.